The van der Waals surface area contributed by atoms with Gasteiger partial charge in [-0.3, -0.25) is 0 Å². The lowest BCUT2D eigenvalue weighted by molar-refractivity contribution is 0.911. The predicted molar refractivity (Wildman–Crippen MR) is 88.4 cm³/mol. The van der Waals surface area contributed by atoms with Crippen LogP contribution >= 0.6 is 38.5 Å². The molecule has 0 fully saturated rings. The third kappa shape index (κ3) is 2.37. The van der Waals surface area contributed by atoms with Crippen LogP contribution in [0.3, 0.4) is 0 Å². The number of hydrogen-bond acceptors (Lipinski definition) is 0. The molecule has 0 saturated carbocycles. The van der Waals surface area contributed by atoms with Crippen LogP contribution < -0.4 is 0 Å². The maximum atomic E-state index is 3.85. The van der Waals surface area contributed by atoms with Gasteiger partial charge < -0.3 is 0 Å². The summed E-state index contributed by atoms with van der Waals surface area (Å²) in [5, 5.41) is 0. The van der Waals surface area contributed by atoms with E-state index in [0.29, 0.717) is 4.83 Å². The molecule has 0 N–H and O–H groups in total. The minimum absolute atomic E-state index is 0.302. The first-order valence-corrected chi connectivity index (χ1v) is 8.25. The summed E-state index contributed by atoms with van der Waals surface area (Å²) in [5.74, 6) is 0. The molecule has 92 valence electrons. The van der Waals surface area contributed by atoms with Crippen molar-refractivity contribution >= 4 is 38.5 Å². The van der Waals surface area contributed by atoms with Crippen molar-refractivity contribution in [2.24, 2.45) is 0 Å². The van der Waals surface area contributed by atoms with Gasteiger partial charge in [0.1, 0.15) is 0 Å². The van der Waals surface area contributed by atoms with E-state index in [4.69, 9.17) is 0 Å². The molecule has 0 amide bonds. The van der Waals surface area contributed by atoms with Crippen LogP contribution in [0.5, 0.6) is 0 Å². The molecule has 0 radical (unpaired) electrons. The van der Waals surface area contributed by atoms with Crippen molar-refractivity contribution in [1.29, 1.82) is 0 Å². The molecule has 2 heteroatoms. The molecule has 1 aliphatic carbocycles. The number of hydrogen-bond donors (Lipinski definition) is 0. The topological polar surface area (TPSA) is 0 Å². The summed E-state index contributed by atoms with van der Waals surface area (Å²) in [5.41, 5.74) is 5.82. The third-order valence-corrected chi connectivity index (χ3v) is 5.60. The molecule has 0 bridgehead atoms. The molecule has 0 aliphatic heterocycles. The standard InChI is InChI=1S/C16H14BrI/c17-16(14-6-1-2-7-15(14)18)13-9-8-11-4-3-5-12(11)10-13/h1-2,6-10,16H,3-5H2. The number of aryl methyl sites for hydroxylation is 2. The first-order chi connectivity index (χ1) is 8.75. The van der Waals surface area contributed by atoms with Gasteiger partial charge in [0.05, 0.1) is 4.83 Å². The van der Waals surface area contributed by atoms with E-state index in [1.165, 1.54) is 34.0 Å². The molecule has 2 aromatic carbocycles. The summed E-state index contributed by atoms with van der Waals surface area (Å²) in [7, 11) is 0. The molecule has 18 heavy (non-hydrogen) atoms. The lowest BCUT2D eigenvalue weighted by atomic mass is 10.0. The second-order valence-electron chi connectivity index (χ2n) is 4.77. The fourth-order valence-electron chi connectivity index (χ4n) is 2.61. The van der Waals surface area contributed by atoms with Crippen molar-refractivity contribution in [2.75, 3.05) is 0 Å². The Morgan fingerprint density at radius 2 is 1.78 bits per heavy atom. The molecule has 1 atom stereocenters. The summed E-state index contributed by atoms with van der Waals surface area (Å²) in [6.45, 7) is 0. The zero-order valence-electron chi connectivity index (χ0n) is 10.00. The highest BCUT2D eigenvalue weighted by atomic mass is 127. The van der Waals surface area contributed by atoms with Crippen LogP contribution in [-0.2, 0) is 12.8 Å². The summed E-state index contributed by atoms with van der Waals surface area (Å²) in [4.78, 5) is 0.302. The number of benzene rings is 2. The van der Waals surface area contributed by atoms with Crippen molar-refractivity contribution in [3.8, 4) is 0 Å². The average Bonchev–Trinajstić information content (AvgIpc) is 2.85. The van der Waals surface area contributed by atoms with Gasteiger partial charge in [-0.2, -0.15) is 0 Å². The van der Waals surface area contributed by atoms with Gasteiger partial charge >= 0.3 is 0 Å². The molecular formula is C16H14BrI. The second kappa shape index (κ2) is 5.33. The van der Waals surface area contributed by atoms with Gasteiger partial charge in [-0.15, -0.1) is 0 Å². The number of halogens is 2. The van der Waals surface area contributed by atoms with Crippen LogP contribution in [0.25, 0.3) is 0 Å². The Bertz CT molecular complexity index is 577. The molecule has 1 unspecified atom stereocenters. The van der Waals surface area contributed by atoms with Crippen molar-refractivity contribution in [2.45, 2.75) is 24.1 Å². The zero-order chi connectivity index (χ0) is 12.5. The van der Waals surface area contributed by atoms with Crippen LogP contribution in [0.4, 0.5) is 0 Å². The Morgan fingerprint density at radius 3 is 2.61 bits per heavy atom. The Balaban J connectivity index is 1.98. The van der Waals surface area contributed by atoms with Crippen molar-refractivity contribution in [3.63, 3.8) is 0 Å². The molecule has 2 aromatic rings. The van der Waals surface area contributed by atoms with Gasteiger partial charge in [0.2, 0.25) is 0 Å². The number of rotatable bonds is 2. The minimum atomic E-state index is 0.302. The fraction of sp³-hybridized carbons (Fsp3) is 0.250. The molecule has 0 spiro atoms. The van der Waals surface area contributed by atoms with E-state index in [2.05, 4.69) is 81.0 Å². The number of alkyl halides is 1. The maximum Gasteiger partial charge on any atom is 0.0655 e. The summed E-state index contributed by atoms with van der Waals surface area (Å²) in [6.07, 6.45) is 3.81. The van der Waals surface area contributed by atoms with E-state index in [1.807, 2.05) is 0 Å². The van der Waals surface area contributed by atoms with Gasteiger partial charge in [-0.25, -0.2) is 0 Å². The van der Waals surface area contributed by atoms with Gasteiger partial charge in [-0.05, 0) is 70.2 Å². The Hall–Kier alpha value is -0.350. The highest BCUT2D eigenvalue weighted by molar-refractivity contribution is 14.1. The van der Waals surface area contributed by atoms with Crippen molar-refractivity contribution < 1.29 is 0 Å². The van der Waals surface area contributed by atoms with Crippen LogP contribution in [-0.4, -0.2) is 0 Å². The monoisotopic (exact) mass is 412 g/mol. The van der Waals surface area contributed by atoms with Crippen LogP contribution in [0.15, 0.2) is 42.5 Å². The fourth-order valence-corrected chi connectivity index (χ4v) is 4.42. The Morgan fingerprint density at radius 1 is 1.00 bits per heavy atom. The van der Waals surface area contributed by atoms with E-state index >= 15 is 0 Å². The second-order valence-corrected chi connectivity index (χ2v) is 6.84. The van der Waals surface area contributed by atoms with Gasteiger partial charge in [0.15, 0.2) is 0 Å². The molecule has 0 aromatic heterocycles. The maximum absolute atomic E-state index is 3.85. The SMILES string of the molecule is BrC(c1ccc2c(c1)CCC2)c1ccccc1I. The molecule has 1 aliphatic rings. The molecule has 0 nitrogen and oxygen atoms in total. The smallest absolute Gasteiger partial charge is 0.0655 e. The zero-order valence-corrected chi connectivity index (χ0v) is 13.7. The molecule has 0 saturated heterocycles. The normalized spacial score (nSPS) is 15.4. The van der Waals surface area contributed by atoms with E-state index in [-0.39, 0.29) is 0 Å². The quantitative estimate of drug-likeness (QED) is 0.466. The van der Waals surface area contributed by atoms with Crippen LogP contribution in [0.2, 0.25) is 0 Å². The van der Waals surface area contributed by atoms with Gasteiger partial charge in [-0.1, -0.05) is 52.3 Å². The van der Waals surface area contributed by atoms with E-state index < -0.39 is 0 Å². The Labute approximate surface area is 130 Å². The largest absolute Gasteiger partial charge is 0.0786 e. The van der Waals surface area contributed by atoms with E-state index in [0.717, 1.165) is 0 Å². The first kappa shape index (κ1) is 12.7. The minimum Gasteiger partial charge on any atom is -0.0786 e. The van der Waals surface area contributed by atoms with Crippen LogP contribution in [0.1, 0.15) is 33.5 Å². The average molecular weight is 413 g/mol. The molecular weight excluding hydrogens is 399 g/mol. The van der Waals surface area contributed by atoms with Gasteiger partial charge in [0.25, 0.3) is 0 Å². The lowest BCUT2D eigenvalue weighted by Crippen LogP contribution is -1.97. The van der Waals surface area contributed by atoms with E-state index in [9.17, 15) is 0 Å². The molecule has 3 rings (SSSR count). The first-order valence-electron chi connectivity index (χ1n) is 6.26. The highest BCUT2D eigenvalue weighted by Gasteiger charge is 2.16. The third-order valence-electron chi connectivity index (χ3n) is 3.59. The van der Waals surface area contributed by atoms with Crippen molar-refractivity contribution in [1.82, 2.24) is 0 Å². The summed E-state index contributed by atoms with van der Waals surface area (Å²) < 4.78 is 1.32. The highest BCUT2D eigenvalue weighted by Crippen LogP contribution is 2.35. The van der Waals surface area contributed by atoms with Crippen LogP contribution in [0, 0.1) is 3.57 Å². The predicted octanol–water partition coefficient (Wildman–Crippen LogP) is 5.26. The Kier molecular flexibility index (Phi) is 3.76. The molecule has 0 heterocycles. The van der Waals surface area contributed by atoms with Crippen molar-refractivity contribution in [3.05, 3.63) is 68.3 Å². The summed E-state index contributed by atoms with van der Waals surface area (Å²) in [6, 6.07) is 15.5. The van der Waals surface area contributed by atoms with Gasteiger partial charge in [0, 0.05) is 3.57 Å². The number of fused-ring (bicyclic) bond motifs is 1. The van der Waals surface area contributed by atoms with E-state index in [1.54, 1.807) is 11.1 Å². The summed E-state index contributed by atoms with van der Waals surface area (Å²) >= 11 is 6.26. The lowest BCUT2D eigenvalue weighted by Gasteiger charge is -2.14.